The Morgan fingerprint density at radius 2 is 1.73 bits per heavy atom. The largest absolute Gasteiger partial charge is 0.495 e. The number of sulfonamides is 1. The van der Waals surface area contributed by atoms with Gasteiger partial charge in [0.2, 0.25) is 5.91 Å². The predicted octanol–water partition coefficient (Wildman–Crippen LogP) is 4.87. The van der Waals surface area contributed by atoms with Gasteiger partial charge in [-0.1, -0.05) is 29.8 Å². The van der Waals surface area contributed by atoms with Crippen molar-refractivity contribution < 1.29 is 22.3 Å². The monoisotopic (exact) mass is 490 g/mol. The van der Waals surface area contributed by atoms with Gasteiger partial charge in [-0.2, -0.15) is 0 Å². The van der Waals surface area contributed by atoms with Gasteiger partial charge in [0.05, 0.1) is 18.8 Å². The van der Waals surface area contributed by atoms with Crippen LogP contribution in [0.15, 0.2) is 71.6 Å². The summed E-state index contributed by atoms with van der Waals surface area (Å²) < 4.78 is 46.8. The molecule has 0 aromatic heterocycles. The Morgan fingerprint density at radius 1 is 1.09 bits per heavy atom. The summed E-state index contributed by atoms with van der Waals surface area (Å²) in [5, 5.41) is 3.20. The molecule has 1 unspecified atom stereocenters. The molecule has 0 spiro atoms. The lowest BCUT2D eigenvalue weighted by atomic mass is 10.1. The third-order valence-corrected chi connectivity index (χ3v) is 7.08. The summed E-state index contributed by atoms with van der Waals surface area (Å²) in [5.74, 6) is -0.749. The first-order valence-electron chi connectivity index (χ1n) is 10.1. The molecule has 3 aromatic rings. The second-order valence-corrected chi connectivity index (χ2v) is 9.75. The summed E-state index contributed by atoms with van der Waals surface area (Å²) in [6.07, 6.45) is 0. The van der Waals surface area contributed by atoms with Crippen LogP contribution in [0.1, 0.15) is 24.1 Å². The minimum absolute atomic E-state index is 0.0562. The number of carbonyl (C=O) groups is 1. The van der Waals surface area contributed by atoms with Crippen LogP contribution in [0.5, 0.6) is 5.75 Å². The van der Waals surface area contributed by atoms with Gasteiger partial charge >= 0.3 is 0 Å². The topological polar surface area (TPSA) is 75.7 Å². The maximum Gasteiger partial charge on any atom is 0.268 e. The predicted molar refractivity (Wildman–Crippen MR) is 127 cm³/mol. The van der Waals surface area contributed by atoms with Gasteiger partial charge in [-0.05, 0) is 73.5 Å². The van der Waals surface area contributed by atoms with Crippen molar-refractivity contribution in [3.63, 3.8) is 0 Å². The first kappa shape index (κ1) is 24.5. The summed E-state index contributed by atoms with van der Waals surface area (Å²) in [5.41, 5.74) is 1.68. The highest BCUT2D eigenvalue weighted by molar-refractivity contribution is 7.93. The second-order valence-electron chi connectivity index (χ2n) is 7.48. The molecule has 1 N–H and O–H groups in total. The number of halogens is 2. The molecule has 0 saturated heterocycles. The van der Waals surface area contributed by atoms with E-state index in [9.17, 15) is 17.6 Å². The summed E-state index contributed by atoms with van der Waals surface area (Å²) in [4.78, 5) is 12.8. The van der Waals surface area contributed by atoms with E-state index < -0.39 is 28.5 Å². The molecule has 1 amide bonds. The molecule has 0 aliphatic rings. The molecule has 6 nitrogen and oxygen atoms in total. The Labute approximate surface area is 198 Å². The number of nitrogens with zero attached hydrogens (tertiary/aromatic N) is 1. The Kier molecular flexibility index (Phi) is 7.61. The molecule has 3 rings (SSSR count). The van der Waals surface area contributed by atoms with Crippen LogP contribution in [0.25, 0.3) is 0 Å². The molecule has 0 fully saturated rings. The highest BCUT2D eigenvalue weighted by atomic mass is 35.5. The summed E-state index contributed by atoms with van der Waals surface area (Å²) in [7, 11) is -2.80. The third-order valence-electron chi connectivity index (χ3n) is 5.04. The van der Waals surface area contributed by atoms with E-state index in [1.807, 2.05) is 0 Å². The Hall–Kier alpha value is -3.10. The molecule has 33 heavy (non-hydrogen) atoms. The lowest BCUT2D eigenvalue weighted by Gasteiger charge is -2.26. The van der Waals surface area contributed by atoms with E-state index in [2.05, 4.69) is 5.32 Å². The van der Waals surface area contributed by atoms with Crippen LogP contribution in [-0.2, 0) is 14.8 Å². The Bertz CT molecular complexity index is 1230. The van der Waals surface area contributed by atoms with Crippen LogP contribution < -0.4 is 14.4 Å². The number of anilines is 1. The van der Waals surface area contributed by atoms with E-state index >= 15 is 0 Å². The maximum absolute atomic E-state index is 13.7. The molecule has 0 bridgehead atoms. The van der Waals surface area contributed by atoms with Crippen LogP contribution in [0.2, 0.25) is 5.02 Å². The van der Waals surface area contributed by atoms with Crippen LogP contribution >= 0.6 is 11.6 Å². The molecule has 0 aliphatic carbocycles. The van der Waals surface area contributed by atoms with Crippen LogP contribution in [0.3, 0.4) is 0 Å². The van der Waals surface area contributed by atoms with E-state index in [-0.39, 0.29) is 22.1 Å². The number of carbonyl (C=O) groups excluding carboxylic acids is 1. The number of nitrogens with one attached hydrogen (secondary N) is 1. The molecule has 0 aliphatic heterocycles. The number of methoxy groups -OCH3 is 1. The highest BCUT2D eigenvalue weighted by Crippen LogP contribution is 2.31. The smallest absolute Gasteiger partial charge is 0.268 e. The zero-order valence-electron chi connectivity index (χ0n) is 18.4. The molecule has 0 radical (unpaired) electrons. The normalized spacial score (nSPS) is 12.2. The molecule has 1 atom stereocenters. The fourth-order valence-corrected chi connectivity index (χ4v) is 5.07. The van der Waals surface area contributed by atoms with Crippen molar-refractivity contribution in [1.29, 1.82) is 0 Å². The minimum Gasteiger partial charge on any atom is -0.495 e. The first-order chi connectivity index (χ1) is 15.6. The van der Waals surface area contributed by atoms with Crippen molar-refractivity contribution in [3.05, 3.63) is 88.7 Å². The number of rotatable bonds is 8. The molecular weight excluding hydrogens is 467 g/mol. The number of benzene rings is 3. The lowest BCUT2D eigenvalue weighted by molar-refractivity contribution is -0.120. The highest BCUT2D eigenvalue weighted by Gasteiger charge is 2.30. The molecule has 9 heteroatoms. The SMILES string of the molecule is COc1ccc(C)cc1S(=O)(=O)N(CC(=O)NC(C)c1ccc(F)cc1)c1ccc(Cl)cc1. The van der Waals surface area contributed by atoms with E-state index in [1.165, 1.54) is 37.4 Å². The number of hydrogen-bond acceptors (Lipinski definition) is 4. The zero-order valence-corrected chi connectivity index (χ0v) is 20.0. The van der Waals surface area contributed by atoms with Crippen molar-refractivity contribution >= 4 is 33.2 Å². The third kappa shape index (κ3) is 5.83. The average molecular weight is 491 g/mol. The van der Waals surface area contributed by atoms with Gasteiger partial charge in [0.1, 0.15) is 23.0 Å². The van der Waals surface area contributed by atoms with E-state index in [0.717, 1.165) is 9.87 Å². The Balaban J connectivity index is 1.95. The van der Waals surface area contributed by atoms with Crippen molar-refractivity contribution in [2.45, 2.75) is 24.8 Å². The molecular formula is C24H24ClFN2O4S. The maximum atomic E-state index is 13.7. The fourth-order valence-electron chi connectivity index (χ4n) is 3.28. The second kappa shape index (κ2) is 10.2. The molecule has 174 valence electrons. The molecule has 0 heterocycles. The number of aryl methyl sites for hydroxylation is 1. The summed E-state index contributed by atoms with van der Waals surface area (Å²) in [6.45, 7) is 3.02. The van der Waals surface area contributed by atoms with Crippen molar-refractivity contribution in [3.8, 4) is 5.75 Å². The van der Waals surface area contributed by atoms with Crippen molar-refractivity contribution in [1.82, 2.24) is 5.32 Å². The summed E-state index contributed by atoms with van der Waals surface area (Å²) in [6, 6.07) is 16.2. The zero-order chi connectivity index (χ0) is 24.2. The van der Waals surface area contributed by atoms with E-state index in [4.69, 9.17) is 16.3 Å². The van der Waals surface area contributed by atoms with Gasteiger partial charge in [0.25, 0.3) is 10.0 Å². The van der Waals surface area contributed by atoms with Gasteiger partial charge < -0.3 is 10.1 Å². The van der Waals surface area contributed by atoms with Gasteiger partial charge in [0, 0.05) is 5.02 Å². The number of hydrogen-bond donors (Lipinski definition) is 1. The number of ether oxygens (including phenoxy) is 1. The average Bonchev–Trinajstić information content (AvgIpc) is 2.78. The van der Waals surface area contributed by atoms with Crippen LogP contribution in [0.4, 0.5) is 10.1 Å². The molecule has 3 aromatic carbocycles. The fraction of sp³-hybridized carbons (Fsp3) is 0.208. The minimum atomic E-state index is -4.18. The quantitative estimate of drug-likeness (QED) is 0.489. The van der Waals surface area contributed by atoms with Crippen molar-refractivity contribution in [2.24, 2.45) is 0 Å². The van der Waals surface area contributed by atoms with Gasteiger partial charge in [-0.3, -0.25) is 9.10 Å². The first-order valence-corrected chi connectivity index (χ1v) is 11.9. The van der Waals surface area contributed by atoms with Crippen LogP contribution in [-0.4, -0.2) is 28.0 Å². The van der Waals surface area contributed by atoms with Gasteiger partial charge in [-0.25, -0.2) is 12.8 Å². The van der Waals surface area contributed by atoms with Crippen LogP contribution in [0, 0.1) is 12.7 Å². The van der Waals surface area contributed by atoms with Gasteiger partial charge in [0.15, 0.2) is 0 Å². The summed E-state index contributed by atoms with van der Waals surface area (Å²) >= 11 is 5.98. The van der Waals surface area contributed by atoms with Gasteiger partial charge in [-0.15, -0.1) is 0 Å². The molecule has 0 saturated carbocycles. The number of amides is 1. The van der Waals surface area contributed by atoms with E-state index in [1.54, 1.807) is 50.2 Å². The van der Waals surface area contributed by atoms with E-state index in [0.29, 0.717) is 10.6 Å². The Morgan fingerprint density at radius 3 is 2.33 bits per heavy atom. The van der Waals surface area contributed by atoms with Crippen molar-refractivity contribution in [2.75, 3.05) is 18.0 Å². The lowest BCUT2D eigenvalue weighted by Crippen LogP contribution is -2.41. The standard InChI is InChI=1S/C24H24ClFN2O4S/c1-16-4-13-22(32-3)23(14-16)33(30,31)28(21-11-7-19(25)8-12-21)15-24(29)27-17(2)18-5-9-20(26)10-6-18/h4-14,17H,15H2,1-3H3,(H,27,29).